The summed E-state index contributed by atoms with van der Waals surface area (Å²) in [6.45, 7) is 5.31. The van der Waals surface area contributed by atoms with Crippen LogP contribution in [0.3, 0.4) is 0 Å². The number of phenols is 1. The minimum atomic E-state index is -0.444. The van der Waals surface area contributed by atoms with Crippen LogP contribution < -0.4 is 0 Å². The molecule has 0 saturated heterocycles. The second-order valence-electron chi connectivity index (χ2n) is 4.24. The third kappa shape index (κ3) is 5.10. The van der Waals surface area contributed by atoms with Gasteiger partial charge in [0.05, 0.1) is 10.9 Å². The average Bonchev–Trinajstić information content (AvgIpc) is 2.28. The minimum absolute atomic E-state index is 0.300. The topological polar surface area (TPSA) is 60.7 Å². The van der Waals surface area contributed by atoms with Gasteiger partial charge >= 0.3 is 0 Å². The molecular weight excluding hydrogens is 268 g/mol. The highest BCUT2D eigenvalue weighted by Crippen LogP contribution is 2.30. The summed E-state index contributed by atoms with van der Waals surface area (Å²) in [6, 6.07) is 3.87. The first-order valence-corrected chi connectivity index (χ1v) is 7.90. The van der Waals surface area contributed by atoms with Crippen LogP contribution >= 0.6 is 23.5 Å². The molecule has 1 rings (SSSR count). The number of hydrogen-bond donors (Lipinski definition) is 3. The zero-order valence-electron chi connectivity index (χ0n) is 10.9. The quantitative estimate of drug-likeness (QED) is 0.703. The Kier molecular flexibility index (Phi) is 6.35. The van der Waals surface area contributed by atoms with Gasteiger partial charge in [0.15, 0.2) is 0 Å². The van der Waals surface area contributed by atoms with E-state index in [2.05, 4.69) is 0 Å². The number of aliphatic hydroxyl groups is 2. The van der Waals surface area contributed by atoms with E-state index in [-0.39, 0.29) is 0 Å². The highest BCUT2D eigenvalue weighted by molar-refractivity contribution is 7.99. The first-order chi connectivity index (χ1) is 8.40. The van der Waals surface area contributed by atoms with E-state index in [0.717, 1.165) is 16.7 Å². The molecule has 0 bridgehead atoms. The van der Waals surface area contributed by atoms with Crippen molar-refractivity contribution in [3.8, 4) is 5.75 Å². The molecule has 2 unspecified atom stereocenters. The summed E-state index contributed by atoms with van der Waals surface area (Å²) in [4.78, 5) is 0. The fourth-order valence-electron chi connectivity index (χ4n) is 1.55. The third-order valence-corrected chi connectivity index (χ3v) is 4.35. The molecule has 0 radical (unpaired) electrons. The molecule has 0 spiro atoms. The molecule has 5 heteroatoms. The Morgan fingerprint density at radius 3 is 2.17 bits per heavy atom. The predicted molar refractivity (Wildman–Crippen MR) is 78.8 cm³/mol. The van der Waals surface area contributed by atoms with Crippen molar-refractivity contribution in [2.24, 2.45) is 0 Å². The van der Waals surface area contributed by atoms with E-state index < -0.39 is 10.9 Å². The lowest BCUT2D eigenvalue weighted by Crippen LogP contribution is -1.97. The average molecular weight is 288 g/mol. The number of rotatable bonds is 6. The predicted octanol–water partition coefficient (Wildman–Crippen LogP) is 2.84. The number of aromatic hydroxyl groups is 1. The van der Waals surface area contributed by atoms with Crippen LogP contribution in [0.1, 0.15) is 30.5 Å². The molecule has 1 aromatic carbocycles. The second kappa shape index (κ2) is 7.28. The molecule has 0 fully saturated rings. The lowest BCUT2D eigenvalue weighted by Gasteiger charge is -2.12. The van der Waals surface area contributed by atoms with Gasteiger partial charge in [-0.15, -0.1) is 23.5 Å². The van der Waals surface area contributed by atoms with E-state index in [1.165, 1.54) is 23.5 Å². The summed E-state index contributed by atoms with van der Waals surface area (Å²) >= 11 is 2.83. The molecule has 0 amide bonds. The van der Waals surface area contributed by atoms with Crippen molar-refractivity contribution in [1.29, 1.82) is 0 Å². The molecule has 0 aliphatic carbocycles. The number of aryl methyl sites for hydroxylation is 1. The molecule has 3 nitrogen and oxygen atoms in total. The van der Waals surface area contributed by atoms with E-state index in [1.54, 1.807) is 13.8 Å². The molecule has 0 heterocycles. The van der Waals surface area contributed by atoms with Gasteiger partial charge < -0.3 is 15.3 Å². The normalized spacial score (nSPS) is 14.5. The van der Waals surface area contributed by atoms with Gasteiger partial charge in [-0.25, -0.2) is 0 Å². The Hall–Kier alpha value is -0.360. The van der Waals surface area contributed by atoms with Crippen LogP contribution in [0.5, 0.6) is 5.75 Å². The maximum atomic E-state index is 9.96. The summed E-state index contributed by atoms with van der Waals surface area (Å²) in [5.74, 6) is 1.59. The van der Waals surface area contributed by atoms with Crippen molar-refractivity contribution in [1.82, 2.24) is 0 Å². The van der Waals surface area contributed by atoms with Crippen molar-refractivity contribution in [2.75, 3.05) is 0 Å². The smallest absolute Gasteiger partial charge is 0.122 e. The van der Waals surface area contributed by atoms with Crippen molar-refractivity contribution in [3.05, 3.63) is 28.8 Å². The van der Waals surface area contributed by atoms with Crippen molar-refractivity contribution >= 4 is 23.5 Å². The third-order valence-electron chi connectivity index (χ3n) is 2.41. The van der Waals surface area contributed by atoms with Crippen LogP contribution in [0.25, 0.3) is 0 Å². The van der Waals surface area contributed by atoms with Gasteiger partial charge in [0.1, 0.15) is 5.75 Å². The van der Waals surface area contributed by atoms with Gasteiger partial charge in [-0.2, -0.15) is 0 Å². The van der Waals surface area contributed by atoms with Crippen LogP contribution in [-0.2, 0) is 11.5 Å². The fraction of sp³-hybridized carbons (Fsp3) is 0.538. The lowest BCUT2D eigenvalue weighted by molar-refractivity contribution is 0.283. The molecule has 18 heavy (non-hydrogen) atoms. The van der Waals surface area contributed by atoms with Crippen LogP contribution in [-0.4, -0.2) is 26.2 Å². The molecule has 3 N–H and O–H groups in total. The Morgan fingerprint density at radius 2 is 1.61 bits per heavy atom. The van der Waals surface area contributed by atoms with E-state index in [4.69, 9.17) is 0 Å². The molecule has 0 aromatic heterocycles. The van der Waals surface area contributed by atoms with Gasteiger partial charge in [0, 0.05) is 17.1 Å². The zero-order chi connectivity index (χ0) is 13.7. The number of phenolic OH excluding ortho intramolecular Hbond substituents is 1. The molecule has 0 aliphatic rings. The van der Waals surface area contributed by atoms with Crippen LogP contribution in [0.15, 0.2) is 12.1 Å². The zero-order valence-corrected chi connectivity index (χ0v) is 12.5. The van der Waals surface area contributed by atoms with Gasteiger partial charge in [-0.1, -0.05) is 12.1 Å². The SMILES string of the molecule is Cc1cc(CSC(C)O)cc(CSC(C)O)c1O. The van der Waals surface area contributed by atoms with Gasteiger partial charge in [0.2, 0.25) is 0 Å². The number of thioether (sulfide) groups is 2. The fourth-order valence-corrected chi connectivity index (χ4v) is 2.80. The van der Waals surface area contributed by atoms with Crippen molar-refractivity contribution < 1.29 is 15.3 Å². The standard InChI is InChI=1S/C13H20O3S2/c1-8-4-11(6-17-9(2)14)5-12(13(8)16)7-18-10(3)15/h4-5,9-10,14-16H,6-7H2,1-3H3. The Labute approximate surface area is 117 Å². The molecular formula is C13H20O3S2. The van der Waals surface area contributed by atoms with Gasteiger partial charge in [0.25, 0.3) is 0 Å². The van der Waals surface area contributed by atoms with E-state index in [0.29, 0.717) is 17.3 Å². The summed E-state index contributed by atoms with van der Waals surface area (Å²) < 4.78 is 0. The first-order valence-electron chi connectivity index (χ1n) is 5.81. The van der Waals surface area contributed by atoms with E-state index in [9.17, 15) is 15.3 Å². The Balaban J connectivity index is 2.81. The monoisotopic (exact) mass is 288 g/mol. The van der Waals surface area contributed by atoms with Crippen LogP contribution in [0, 0.1) is 6.92 Å². The van der Waals surface area contributed by atoms with E-state index in [1.807, 2.05) is 19.1 Å². The summed E-state index contributed by atoms with van der Waals surface area (Å²) in [5.41, 5.74) is 1.91. The number of hydrogen-bond acceptors (Lipinski definition) is 5. The molecule has 0 aliphatic heterocycles. The van der Waals surface area contributed by atoms with Gasteiger partial charge in [-0.3, -0.25) is 0 Å². The summed E-state index contributed by atoms with van der Waals surface area (Å²) in [5, 5.41) is 28.5. The molecule has 0 saturated carbocycles. The molecule has 1 aromatic rings. The van der Waals surface area contributed by atoms with Crippen molar-refractivity contribution in [3.63, 3.8) is 0 Å². The highest BCUT2D eigenvalue weighted by Gasteiger charge is 2.09. The molecule has 102 valence electrons. The molecule has 2 atom stereocenters. The van der Waals surface area contributed by atoms with Gasteiger partial charge in [-0.05, 0) is 31.9 Å². The maximum absolute atomic E-state index is 9.96. The van der Waals surface area contributed by atoms with Crippen molar-refractivity contribution in [2.45, 2.75) is 43.1 Å². The maximum Gasteiger partial charge on any atom is 0.122 e. The number of benzene rings is 1. The Bertz CT molecular complexity index is 392. The van der Waals surface area contributed by atoms with Crippen LogP contribution in [0.4, 0.5) is 0 Å². The summed E-state index contributed by atoms with van der Waals surface area (Å²) in [6.07, 6.45) is 0. The Morgan fingerprint density at radius 1 is 1.06 bits per heavy atom. The summed E-state index contributed by atoms with van der Waals surface area (Å²) in [7, 11) is 0. The van der Waals surface area contributed by atoms with Crippen LogP contribution in [0.2, 0.25) is 0 Å². The highest BCUT2D eigenvalue weighted by atomic mass is 32.2. The second-order valence-corrected chi connectivity index (χ2v) is 6.85. The number of aliphatic hydroxyl groups excluding tert-OH is 2. The van der Waals surface area contributed by atoms with E-state index >= 15 is 0 Å². The lowest BCUT2D eigenvalue weighted by atomic mass is 10.1. The first kappa shape index (κ1) is 15.7. The largest absolute Gasteiger partial charge is 0.507 e. The minimum Gasteiger partial charge on any atom is -0.507 e.